The number of furan rings is 1. The molecule has 0 spiro atoms. The first kappa shape index (κ1) is 19.4. The lowest BCUT2D eigenvalue weighted by Gasteiger charge is -2.19. The third-order valence-corrected chi connectivity index (χ3v) is 7.30. The molecule has 0 saturated carbocycles. The number of aromatic nitrogens is 1. The van der Waals surface area contributed by atoms with E-state index in [1.165, 1.54) is 35.6 Å². The zero-order valence-corrected chi connectivity index (χ0v) is 17.2. The second-order valence-corrected chi connectivity index (χ2v) is 9.65. The molecular formula is C21H18N2O4S2. The molecule has 0 aliphatic rings. The molecule has 1 amide bonds. The van der Waals surface area contributed by atoms with Crippen molar-refractivity contribution in [3.8, 4) is 0 Å². The number of sulfone groups is 1. The van der Waals surface area contributed by atoms with Gasteiger partial charge in [-0.3, -0.25) is 9.69 Å². The molecule has 2 aromatic heterocycles. The van der Waals surface area contributed by atoms with Gasteiger partial charge in [-0.1, -0.05) is 30.4 Å². The van der Waals surface area contributed by atoms with Crippen molar-refractivity contribution in [1.29, 1.82) is 0 Å². The minimum atomic E-state index is -3.32. The van der Waals surface area contributed by atoms with E-state index in [1.54, 1.807) is 30.2 Å². The predicted molar refractivity (Wildman–Crippen MR) is 113 cm³/mol. The number of benzene rings is 2. The Morgan fingerprint density at radius 2 is 1.83 bits per heavy atom. The molecule has 4 aromatic rings. The molecule has 0 aliphatic carbocycles. The van der Waals surface area contributed by atoms with Crippen LogP contribution in [0.1, 0.15) is 23.0 Å². The fourth-order valence-electron chi connectivity index (χ4n) is 2.89. The average molecular weight is 427 g/mol. The average Bonchev–Trinajstić information content (AvgIpc) is 3.41. The van der Waals surface area contributed by atoms with Crippen LogP contribution in [-0.2, 0) is 16.4 Å². The molecule has 4 rings (SSSR count). The highest BCUT2D eigenvalue weighted by atomic mass is 32.2. The number of carbonyl (C=O) groups is 1. The van der Waals surface area contributed by atoms with Gasteiger partial charge in [0, 0.05) is 5.56 Å². The summed E-state index contributed by atoms with van der Waals surface area (Å²) in [5.41, 5.74) is 1.19. The molecule has 8 heteroatoms. The van der Waals surface area contributed by atoms with Crippen molar-refractivity contribution >= 4 is 42.4 Å². The molecular weight excluding hydrogens is 408 g/mol. The van der Waals surface area contributed by atoms with Crippen LogP contribution >= 0.6 is 11.3 Å². The van der Waals surface area contributed by atoms with E-state index in [2.05, 4.69) is 4.98 Å². The minimum Gasteiger partial charge on any atom is -0.467 e. The van der Waals surface area contributed by atoms with Crippen LogP contribution in [-0.4, -0.2) is 25.1 Å². The molecule has 0 saturated heterocycles. The van der Waals surface area contributed by atoms with E-state index in [0.29, 0.717) is 16.5 Å². The number of hydrogen-bond donors (Lipinski definition) is 0. The molecule has 0 radical (unpaired) electrons. The van der Waals surface area contributed by atoms with Gasteiger partial charge in [0.25, 0.3) is 5.91 Å². The summed E-state index contributed by atoms with van der Waals surface area (Å²) in [6, 6.07) is 17.2. The van der Waals surface area contributed by atoms with E-state index >= 15 is 0 Å². The maximum Gasteiger partial charge on any atom is 0.260 e. The first-order chi connectivity index (χ1) is 14.0. The van der Waals surface area contributed by atoms with Gasteiger partial charge in [-0.25, -0.2) is 13.4 Å². The number of anilines is 1. The molecule has 29 heavy (non-hydrogen) atoms. The van der Waals surface area contributed by atoms with Crippen LogP contribution in [0.5, 0.6) is 0 Å². The molecule has 0 aliphatic heterocycles. The Morgan fingerprint density at radius 3 is 2.48 bits per heavy atom. The third-order valence-electron chi connectivity index (χ3n) is 4.49. The number of nitrogens with zero attached hydrogens (tertiary/aromatic N) is 2. The first-order valence-corrected chi connectivity index (χ1v) is 11.5. The van der Waals surface area contributed by atoms with Gasteiger partial charge in [0.2, 0.25) is 0 Å². The predicted octanol–water partition coefficient (Wildman–Crippen LogP) is 4.53. The highest BCUT2D eigenvalue weighted by Gasteiger charge is 2.23. The largest absolute Gasteiger partial charge is 0.467 e. The number of hydrogen-bond acceptors (Lipinski definition) is 6. The molecule has 0 N–H and O–H groups in total. The van der Waals surface area contributed by atoms with Crippen LogP contribution in [0.15, 0.2) is 76.2 Å². The SMILES string of the molecule is CCS(=O)(=O)c1ccc(C(=O)N(Cc2ccco2)c2nc3ccccc3s2)cc1. The highest BCUT2D eigenvalue weighted by molar-refractivity contribution is 7.91. The number of fused-ring (bicyclic) bond motifs is 1. The van der Waals surface area contributed by atoms with Gasteiger partial charge in [0.1, 0.15) is 5.76 Å². The molecule has 0 bridgehead atoms. The topological polar surface area (TPSA) is 80.5 Å². The van der Waals surface area contributed by atoms with E-state index in [0.717, 1.165) is 10.2 Å². The highest BCUT2D eigenvalue weighted by Crippen LogP contribution is 2.31. The second kappa shape index (κ2) is 7.81. The Bertz CT molecular complexity index is 1210. The summed E-state index contributed by atoms with van der Waals surface area (Å²) in [4.78, 5) is 19.6. The van der Waals surface area contributed by atoms with Crippen LogP contribution in [0.4, 0.5) is 5.13 Å². The van der Waals surface area contributed by atoms with Crippen LogP contribution in [0.3, 0.4) is 0 Å². The van der Waals surface area contributed by atoms with Crippen molar-refractivity contribution in [3.05, 3.63) is 78.3 Å². The van der Waals surface area contributed by atoms with E-state index in [-0.39, 0.29) is 23.1 Å². The number of para-hydroxylation sites is 1. The summed E-state index contributed by atoms with van der Waals surface area (Å²) in [6.07, 6.45) is 1.56. The fourth-order valence-corrected chi connectivity index (χ4v) is 4.73. The zero-order valence-electron chi connectivity index (χ0n) is 15.6. The van der Waals surface area contributed by atoms with E-state index in [1.807, 2.05) is 24.3 Å². The van der Waals surface area contributed by atoms with E-state index in [9.17, 15) is 13.2 Å². The number of amides is 1. The standard InChI is InChI=1S/C21H18N2O4S2/c1-2-29(25,26)17-11-9-15(10-12-17)20(24)23(14-16-6-5-13-27-16)21-22-18-7-3-4-8-19(18)28-21/h3-13H,2,14H2,1H3. The minimum absolute atomic E-state index is 0.0105. The summed E-state index contributed by atoms with van der Waals surface area (Å²) in [5, 5.41) is 0.554. The lowest BCUT2D eigenvalue weighted by atomic mass is 10.2. The quantitative estimate of drug-likeness (QED) is 0.452. The fraction of sp³-hybridized carbons (Fsp3) is 0.143. The monoisotopic (exact) mass is 426 g/mol. The van der Waals surface area contributed by atoms with Gasteiger partial charge in [0.05, 0.1) is 33.7 Å². The number of thiazole rings is 1. The van der Waals surface area contributed by atoms with Crippen LogP contribution in [0.2, 0.25) is 0 Å². The molecule has 0 atom stereocenters. The smallest absolute Gasteiger partial charge is 0.260 e. The van der Waals surface area contributed by atoms with Crippen molar-refractivity contribution in [1.82, 2.24) is 4.98 Å². The summed E-state index contributed by atoms with van der Waals surface area (Å²) in [7, 11) is -3.32. The van der Waals surface area contributed by atoms with E-state index in [4.69, 9.17) is 4.42 Å². The number of carbonyl (C=O) groups excluding carboxylic acids is 1. The summed E-state index contributed by atoms with van der Waals surface area (Å²) >= 11 is 1.42. The van der Waals surface area contributed by atoms with Crippen LogP contribution in [0, 0.1) is 0 Å². The van der Waals surface area contributed by atoms with Crippen molar-refractivity contribution in [2.24, 2.45) is 0 Å². The summed E-state index contributed by atoms with van der Waals surface area (Å²) < 4.78 is 30.5. The molecule has 2 aromatic carbocycles. The molecule has 148 valence electrons. The Balaban J connectivity index is 1.71. The number of rotatable bonds is 6. The first-order valence-electron chi connectivity index (χ1n) is 9.00. The van der Waals surface area contributed by atoms with Crippen molar-refractivity contribution in [2.45, 2.75) is 18.4 Å². The van der Waals surface area contributed by atoms with Gasteiger partial charge in [0.15, 0.2) is 15.0 Å². The van der Waals surface area contributed by atoms with Gasteiger partial charge in [-0.2, -0.15) is 0 Å². The molecule has 0 fully saturated rings. The maximum absolute atomic E-state index is 13.3. The zero-order chi connectivity index (χ0) is 20.4. The Kier molecular flexibility index (Phi) is 5.21. The van der Waals surface area contributed by atoms with E-state index < -0.39 is 9.84 Å². The summed E-state index contributed by atoms with van der Waals surface area (Å²) in [5.74, 6) is 0.361. The molecule has 6 nitrogen and oxygen atoms in total. The van der Waals surface area contributed by atoms with Crippen molar-refractivity contribution in [3.63, 3.8) is 0 Å². The second-order valence-electron chi connectivity index (χ2n) is 6.36. The van der Waals surface area contributed by atoms with Gasteiger partial charge in [-0.15, -0.1) is 0 Å². The van der Waals surface area contributed by atoms with Crippen molar-refractivity contribution < 1.29 is 17.6 Å². The Labute approximate surface area is 172 Å². The lowest BCUT2D eigenvalue weighted by Crippen LogP contribution is -2.30. The molecule has 2 heterocycles. The maximum atomic E-state index is 13.3. The third kappa shape index (κ3) is 3.94. The van der Waals surface area contributed by atoms with Gasteiger partial charge in [-0.05, 0) is 48.5 Å². The van der Waals surface area contributed by atoms with Crippen molar-refractivity contribution in [2.75, 3.05) is 10.7 Å². The van der Waals surface area contributed by atoms with Gasteiger partial charge < -0.3 is 4.42 Å². The Hall–Kier alpha value is -2.97. The molecule has 0 unspecified atom stereocenters. The Morgan fingerprint density at radius 1 is 1.07 bits per heavy atom. The van der Waals surface area contributed by atoms with Crippen LogP contribution < -0.4 is 4.90 Å². The van der Waals surface area contributed by atoms with Gasteiger partial charge >= 0.3 is 0 Å². The van der Waals surface area contributed by atoms with Crippen LogP contribution in [0.25, 0.3) is 10.2 Å². The summed E-state index contributed by atoms with van der Waals surface area (Å²) in [6.45, 7) is 1.81. The lowest BCUT2D eigenvalue weighted by molar-refractivity contribution is 0.0983. The normalized spacial score (nSPS) is 11.6.